The van der Waals surface area contributed by atoms with Gasteiger partial charge in [-0.2, -0.15) is 5.10 Å². The van der Waals surface area contributed by atoms with Crippen LogP contribution in [0, 0.1) is 5.82 Å². The number of hydrogen-bond acceptors (Lipinski definition) is 2. The zero-order chi connectivity index (χ0) is 16.0. The summed E-state index contributed by atoms with van der Waals surface area (Å²) in [4.78, 5) is 0. The zero-order valence-electron chi connectivity index (χ0n) is 13.1. The molecule has 1 aromatic heterocycles. The Morgan fingerprint density at radius 1 is 1.26 bits per heavy atom. The summed E-state index contributed by atoms with van der Waals surface area (Å²) in [6.07, 6.45) is 4.95. The first-order chi connectivity index (χ1) is 11.1. The third-order valence-electron chi connectivity index (χ3n) is 5.04. The minimum Gasteiger partial charge on any atom is -0.395 e. The van der Waals surface area contributed by atoms with Crippen molar-refractivity contribution in [3.05, 3.63) is 59.5 Å². The molecule has 0 saturated heterocycles. The zero-order valence-corrected chi connectivity index (χ0v) is 13.1. The molecule has 23 heavy (non-hydrogen) atoms. The average molecular weight is 310 g/mol. The van der Waals surface area contributed by atoms with Crippen LogP contribution in [0.2, 0.25) is 0 Å². The highest BCUT2D eigenvalue weighted by molar-refractivity contribution is 5.82. The van der Waals surface area contributed by atoms with Crippen LogP contribution in [0.3, 0.4) is 0 Å². The van der Waals surface area contributed by atoms with Crippen LogP contribution >= 0.6 is 0 Å². The normalized spacial score (nSPS) is 20.7. The van der Waals surface area contributed by atoms with Gasteiger partial charge in [-0.05, 0) is 66.8 Å². The van der Waals surface area contributed by atoms with Crippen LogP contribution in [0.25, 0.3) is 16.6 Å². The third-order valence-corrected chi connectivity index (χ3v) is 5.04. The molecule has 1 heterocycles. The van der Waals surface area contributed by atoms with Crippen molar-refractivity contribution in [1.29, 1.82) is 0 Å². The van der Waals surface area contributed by atoms with Crippen molar-refractivity contribution in [3.8, 4) is 5.69 Å². The summed E-state index contributed by atoms with van der Waals surface area (Å²) in [7, 11) is 0. The molecule has 1 N–H and O–H groups in total. The Hall–Kier alpha value is -2.20. The van der Waals surface area contributed by atoms with Gasteiger partial charge in [0.2, 0.25) is 0 Å². The summed E-state index contributed by atoms with van der Waals surface area (Å²) in [5.74, 6) is -0.249. The van der Waals surface area contributed by atoms with Crippen molar-refractivity contribution in [2.45, 2.75) is 31.6 Å². The van der Waals surface area contributed by atoms with Gasteiger partial charge in [-0.25, -0.2) is 9.07 Å². The van der Waals surface area contributed by atoms with Crippen molar-refractivity contribution in [1.82, 2.24) is 9.78 Å². The molecule has 2 aromatic carbocycles. The molecule has 0 unspecified atom stereocenters. The van der Waals surface area contributed by atoms with E-state index in [1.165, 1.54) is 23.3 Å². The lowest BCUT2D eigenvalue weighted by molar-refractivity contribution is 0.188. The molecule has 3 aromatic rings. The minimum atomic E-state index is -0.249. The van der Waals surface area contributed by atoms with Crippen LogP contribution < -0.4 is 0 Å². The number of fused-ring (bicyclic) bond motifs is 2. The third kappa shape index (κ3) is 2.25. The lowest BCUT2D eigenvalue weighted by atomic mass is 9.71. The second-order valence-electron chi connectivity index (χ2n) is 6.67. The fourth-order valence-corrected chi connectivity index (χ4v) is 3.64. The van der Waals surface area contributed by atoms with E-state index in [9.17, 15) is 9.50 Å². The Kier molecular flexibility index (Phi) is 3.23. The van der Waals surface area contributed by atoms with Crippen molar-refractivity contribution in [2.75, 3.05) is 6.61 Å². The first-order valence-corrected chi connectivity index (χ1v) is 7.99. The second kappa shape index (κ2) is 5.17. The molecule has 3 nitrogen and oxygen atoms in total. The molecule has 0 saturated carbocycles. The number of hydrogen-bond donors (Lipinski definition) is 1. The largest absolute Gasteiger partial charge is 0.395 e. The summed E-state index contributed by atoms with van der Waals surface area (Å²) in [6, 6.07) is 10.7. The monoisotopic (exact) mass is 310 g/mol. The van der Waals surface area contributed by atoms with Crippen molar-refractivity contribution >= 4 is 10.9 Å². The maximum Gasteiger partial charge on any atom is 0.123 e. The predicted octanol–water partition coefficient (Wildman–Crippen LogP) is 3.75. The van der Waals surface area contributed by atoms with Gasteiger partial charge in [0.05, 0.1) is 24.0 Å². The number of benzene rings is 2. The molecule has 1 aliphatic carbocycles. The van der Waals surface area contributed by atoms with E-state index in [0.717, 1.165) is 35.9 Å². The summed E-state index contributed by atoms with van der Waals surface area (Å²) in [5, 5.41) is 15.3. The number of nitrogens with zero attached hydrogens (tertiary/aromatic N) is 2. The van der Waals surface area contributed by atoms with Crippen LogP contribution in [0.1, 0.15) is 30.9 Å². The highest BCUT2D eigenvalue weighted by atomic mass is 19.1. The van der Waals surface area contributed by atoms with E-state index >= 15 is 0 Å². The van der Waals surface area contributed by atoms with Crippen LogP contribution in [0.4, 0.5) is 4.39 Å². The van der Waals surface area contributed by atoms with Gasteiger partial charge in [0.1, 0.15) is 5.82 Å². The van der Waals surface area contributed by atoms with Crippen molar-refractivity contribution < 1.29 is 9.50 Å². The van der Waals surface area contributed by atoms with E-state index in [2.05, 4.69) is 24.2 Å². The number of halogens is 1. The molecular formula is C19H19FN2O. The summed E-state index contributed by atoms with van der Waals surface area (Å²) in [6.45, 7) is 2.29. The van der Waals surface area contributed by atoms with Crippen molar-refractivity contribution in [2.24, 2.45) is 0 Å². The van der Waals surface area contributed by atoms with E-state index in [1.54, 1.807) is 12.1 Å². The summed E-state index contributed by atoms with van der Waals surface area (Å²) in [5.41, 5.74) is 4.22. The first-order valence-electron chi connectivity index (χ1n) is 7.99. The van der Waals surface area contributed by atoms with E-state index < -0.39 is 0 Å². The molecule has 0 fully saturated rings. The molecule has 0 bridgehead atoms. The molecular weight excluding hydrogens is 291 g/mol. The standard InChI is InChI=1S/C19H19FN2O/c1-19(12-23)8-2-3-13-10-18-14(9-17(13)19)11-21-22(18)16-6-4-15(20)5-7-16/h4-7,9-11,23H,2-3,8,12H2,1H3/t19-/m1/s1. The molecule has 1 aliphatic rings. The molecule has 0 aliphatic heterocycles. The van der Waals surface area contributed by atoms with Gasteiger partial charge in [0.25, 0.3) is 0 Å². The molecule has 1 atom stereocenters. The maximum atomic E-state index is 13.1. The lowest BCUT2D eigenvalue weighted by Gasteiger charge is -2.34. The van der Waals surface area contributed by atoms with Gasteiger partial charge in [-0.3, -0.25) is 0 Å². The van der Waals surface area contributed by atoms with Gasteiger partial charge in [0, 0.05) is 10.8 Å². The minimum absolute atomic E-state index is 0.164. The Balaban J connectivity index is 1.90. The molecule has 4 heteroatoms. The number of aryl methyl sites for hydroxylation is 1. The molecule has 0 spiro atoms. The van der Waals surface area contributed by atoms with Gasteiger partial charge in [0.15, 0.2) is 0 Å². The van der Waals surface area contributed by atoms with Crippen LogP contribution in [-0.4, -0.2) is 21.5 Å². The lowest BCUT2D eigenvalue weighted by Crippen LogP contribution is -2.31. The van der Waals surface area contributed by atoms with Gasteiger partial charge in [-0.1, -0.05) is 6.92 Å². The second-order valence-corrected chi connectivity index (χ2v) is 6.67. The highest BCUT2D eigenvalue weighted by Crippen LogP contribution is 2.39. The fourth-order valence-electron chi connectivity index (χ4n) is 3.64. The average Bonchev–Trinajstić information content (AvgIpc) is 2.97. The molecule has 4 rings (SSSR count). The quantitative estimate of drug-likeness (QED) is 0.783. The fraction of sp³-hybridized carbons (Fsp3) is 0.316. The molecule has 0 amide bonds. The summed E-state index contributed by atoms with van der Waals surface area (Å²) < 4.78 is 15.0. The van der Waals surface area contributed by atoms with Crippen LogP contribution in [0.15, 0.2) is 42.6 Å². The van der Waals surface area contributed by atoms with Crippen LogP contribution in [0.5, 0.6) is 0 Å². The maximum absolute atomic E-state index is 13.1. The number of rotatable bonds is 2. The Morgan fingerprint density at radius 3 is 2.78 bits per heavy atom. The molecule has 0 radical (unpaired) electrons. The first kappa shape index (κ1) is 14.4. The number of aliphatic hydroxyl groups excluding tert-OH is 1. The Labute approximate surface area is 134 Å². The number of aromatic nitrogens is 2. The van der Waals surface area contributed by atoms with Gasteiger partial charge in [-0.15, -0.1) is 0 Å². The smallest absolute Gasteiger partial charge is 0.123 e. The SMILES string of the molecule is C[C@]1(CO)CCCc2cc3c(cnn3-c3ccc(F)cc3)cc21. The number of aliphatic hydroxyl groups is 1. The van der Waals surface area contributed by atoms with E-state index in [1.807, 2.05) is 10.9 Å². The van der Waals surface area contributed by atoms with Crippen molar-refractivity contribution in [3.63, 3.8) is 0 Å². The van der Waals surface area contributed by atoms with Gasteiger partial charge >= 0.3 is 0 Å². The van der Waals surface area contributed by atoms with E-state index in [-0.39, 0.29) is 17.8 Å². The van der Waals surface area contributed by atoms with Gasteiger partial charge < -0.3 is 5.11 Å². The van der Waals surface area contributed by atoms with E-state index in [0.29, 0.717) is 0 Å². The van der Waals surface area contributed by atoms with E-state index in [4.69, 9.17) is 0 Å². The van der Waals surface area contributed by atoms with Crippen LogP contribution in [-0.2, 0) is 11.8 Å². The summed E-state index contributed by atoms with van der Waals surface area (Å²) >= 11 is 0. The highest BCUT2D eigenvalue weighted by Gasteiger charge is 2.32. The topological polar surface area (TPSA) is 38.1 Å². The Bertz CT molecular complexity index is 869. The predicted molar refractivity (Wildman–Crippen MR) is 88.4 cm³/mol. The Morgan fingerprint density at radius 2 is 2.04 bits per heavy atom. The molecule has 118 valence electrons.